The van der Waals surface area contributed by atoms with Gasteiger partial charge in [-0.05, 0) is 51.3 Å². The second-order valence-electron chi connectivity index (χ2n) is 6.36. The highest BCUT2D eigenvalue weighted by Crippen LogP contribution is 2.14. The minimum atomic E-state index is 0.643. The molecule has 0 aliphatic carbocycles. The monoisotopic (exact) mass is 348 g/mol. The molecular weight excluding hydrogens is 324 g/mol. The molecule has 0 bridgehead atoms. The maximum Gasteiger partial charge on any atom is 0.159 e. The van der Waals surface area contributed by atoms with Crippen molar-refractivity contribution < 1.29 is 0 Å². The van der Waals surface area contributed by atoms with Crippen LogP contribution in [0.2, 0.25) is 0 Å². The third-order valence-electron chi connectivity index (χ3n) is 4.17. The molecule has 3 aromatic rings. The third kappa shape index (κ3) is 3.96. The van der Waals surface area contributed by atoms with Crippen LogP contribution in [0, 0.1) is 20.8 Å². The zero-order chi connectivity index (χ0) is 18.7. The molecule has 0 saturated heterocycles. The lowest BCUT2D eigenvalue weighted by Crippen LogP contribution is -2.07. The summed E-state index contributed by atoms with van der Waals surface area (Å²) in [5, 5.41) is 8.95. The molecule has 2 heterocycles. The maximum atomic E-state index is 4.48. The minimum absolute atomic E-state index is 0.643. The van der Waals surface area contributed by atoms with E-state index in [2.05, 4.69) is 56.8 Å². The molecule has 6 heteroatoms. The smallest absolute Gasteiger partial charge is 0.159 e. The molecule has 0 fully saturated rings. The average Bonchev–Trinajstić information content (AvgIpc) is 2.97. The molecular formula is C20H24N6. The first-order chi connectivity index (χ1) is 12.5. The summed E-state index contributed by atoms with van der Waals surface area (Å²) >= 11 is 0. The van der Waals surface area contributed by atoms with Gasteiger partial charge in [0.05, 0.1) is 11.4 Å². The molecule has 0 radical (unpaired) electrons. The van der Waals surface area contributed by atoms with Gasteiger partial charge in [0.25, 0.3) is 0 Å². The van der Waals surface area contributed by atoms with Crippen LogP contribution in [0.4, 0.5) is 5.82 Å². The van der Waals surface area contributed by atoms with Gasteiger partial charge >= 0.3 is 0 Å². The zero-order valence-electron chi connectivity index (χ0n) is 15.9. The normalized spacial score (nSPS) is 11.7. The van der Waals surface area contributed by atoms with Crippen LogP contribution in [0.15, 0.2) is 41.5 Å². The number of hydrazone groups is 1. The number of rotatable bonds is 5. The number of hydrogen-bond acceptors (Lipinski definition) is 5. The predicted octanol–water partition coefficient (Wildman–Crippen LogP) is 3.99. The number of aromatic nitrogens is 4. The summed E-state index contributed by atoms with van der Waals surface area (Å²) in [6.45, 7) is 9.96. The van der Waals surface area contributed by atoms with E-state index in [4.69, 9.17) is 0 Å². The number of hydrogen-bond donors (Lipinski definition) is 1. The molecule has 1 aromatic carbocycles. The van der Waals surface area contributed by atoms with E-state index in [-0.39, 0.29) is 0 Å². The summed E-state index contributed by atoms with van der Waals surface area (Å²) in [7, 11) is 0. The van der Waals surface area contributed by atoms with Gasteiger partial charge in [0.2, 0.25) is 0 Å². The first-order valence-electron chi connectivity index (χ1n) is 8.75. The molecule has 0 saturated carbocycles. The summed E-state index contributed by atoms with van der Waals surface area (Å²) < 4.78 is 1.81. The van der Waals surface area contributed by atoms with Gasteiger partial charge in [-0.2, -0.15) is 10.2 Å². The van der Waals surface area contributed by atoms with Crippen LogP contribution in [0.1, 0.15) is 42.2 Å². The van der Waals surface area contributed by atoms with Crippen molar-refractivity contribution in [1.29, 1.82) is 0 Å². The predicted molar refractivity (Wildman–Crippen MR) is 105 cm³/mol. The Balaban J connectivity index is 1.84. The van der Waals surface area contributed by atoms with Crippen molar-refractivity contribution in [3.8, 4) is 5.82 Å². The lowest BCUT2D eigenvalue weighted by molar-refractivity contribution is 0.793. The van der Waals surface area contributed by atoms with E-state index in [1.807, 2.05) is 44.5 Å². The first kappa shape index (κ1) is 17.8. The van der Waals surface area contributed by atoms with Gasteiger partial charge in [-0.3, -0.25) is 5.43 Å². The summed E-state index contributed by atoms with van der Waals surface area (Å²) in [6, 6.07) is 12.3. The van der Waals surface area contributed by atoms with E-state index in [1.54, 1.807) is 0 Å². The Bertz CT molecular complexity index is 937. The van der Waals surface area contributed by atoms with E-state index in [9.17, 15) is 0 Å². The van der Waals surface area contributed by atoms with Crippen molar-refractivity contribution >= 4 is 11.5 Å². The molecule has 1 N–H and O–H groups in total. The second-order valence-corrected chi connectivity index (χ2v) is 6.36. The number of benzene rings is 1. The quantitative estimate of drug-likeness (QED) is 0.559. The van der Waals surface area contributed by atoms with Gasteiger partial charge in [-0.1, -0.05) is 31.2 Å². The van der Waals surface area contributed by atoms with Gasteiger partial charge in [0, 0.05) is 11.8 Å². The van der Waals surface area contributed by atoms with Gasteiger partial charge in [-0.25, -0.2) is 14.6 Å². The molecule has 0 amide bonds. The lowest BCUT2D eigenvalue weighted by Gasteiger charge is -2.08. The van der Waals surface area contributed by atoms with Crippen LogP contribution in [0.25, 0.3) is 5.82 Å². The van der Waals surface area contributed by atoms with E-state index < -0.39 is 0 Å². The van der Waals surface area contributed by atoms with Crippen molar-refractivity contribution in [2.24, 2.45) is 5.10 Å². The summed E-state index contributed by atoms with van der Waals surface area (Å²) in [5.74, 6) is 2.04. The molecule has 0 aliphatic rings. The van der Waals surface area contributed by atoms with Gasteiger partial charge in [0.15, 0.2) is 11.6 Å². The van der Waals surface area contributed by atoms with Crippen LogP contribution in [-0.4, -0.2) is 25.5 Å². The number of anilines is 1. The largest absolute Gasteiger partial charge is 0.261 e. The van der Waals surface area contributed by atoms with Crippen molar-refractivity contribution in [2.75, 3.05) is 5.43 Å². The summed E-state index contributed by atoms with van der Waals surface area (Å²) in [6.07, 6.45) is 1.03. The summed E-state index contributed by atoms with van der Waals surface area (Å²) in [4.78, 5) is 8.90. The molecule has 6 nitrogen and oxygen atoms in total. The molecule has 0 unspecified atom stereocenters. The van der Waals surface area contributed by atoms with Crippen LogP contribution >= 0.6 is 0 Å². The maximum absolute atomic E-state index is 4.48. The Morgan fingerprint density at radius 3 is 2.42 bits per heavy atom. The standard InChI is InChI=1S/C20H24N6/c1-6-17-7-9-18(10-8-17)15(4)23-24-19-12-20(22-16(5)21-19)26-14(3)11-13(2)25-26/h7-12H,6H2,1-5H3,(H,21,22,24). The van der Waals surface area contributed by atoms with Crippen LogP contribution in [0.5, 0.6) is 0 Å². The van der Waals surface area contributed by atoms with Crippen molar-refractivity contribution in [3.63, 3.8) is 0 Å². The van der Waals surface area contributed by atoms with Crippen LogP contribution < -0.4 is 5.43 Å². The molecule has 3 rings (SSSR count). The fourth-order valence-electron chi connectivity index (χ4n) is 2.77. The van der Waals surface area contributed by atoms with Gasteiger partial charge < -0.3 is 0 Å². The Kier molecular flexibility index (Phi) is 5.11. The van der Waals surface area contributed by atoms with Crippen molar-refractivity contribution in [2.45, 2.75) is 41.0 Å². The van der Waals surface area contributed by atoms with Crippen LogP contribution in [-0.2, 0) is 6.42 Å². The highest BCUT2D eigenvalue weighted by Gasteiger charge is 2.08. The molecule has 2 aromatic heterocycles. The van der Waals surface area contributed by atoms with Gasteiger partial charge in [-0.15, -0.1) is 0 Å². The first-order valence-corrected chi connectivity index (χ1v) is 8.75. The summed E-state index contributed by atoms with van der Waals surface area (Å²) in [5.41, 5.74) is 8.33. The van der Waals surface area contributed by atoms with Gasteiger partial charge in [0.1, 0.15) is 5.82 Å². The van der Waals surface area contributed by atoms with E-state index >= 15 is 0 Å². The van der Waals surface area contributed by atoms with Crippen LogP contribution in [0.3, 0.4) is 0 Å². The Morgan fingerprint density at radius 1 is 1.08 bits per heavy atom. The van der Waals surface area contributed by atoms with Crippen molar-refractivity contribution in [3.05, 3.63) is 64.7 Å². The lowest BCUT2D eigenvalue weighted by atomic mass is 10.1. The topological polar surface area (TPSA) is 68.0 Å². The number of nitrogens with zero attached hydrogens (tertiary/aromatic N) is 5. The SMILES string of the molecule is CCc1ccc(C(C)=NNc2cc(-n3nc(C)cc3C)nc(C)n2)cc1. The highest BCUT2D eigenvalue weighted by atomic mass is 15.3. The zero-order valence-corrected chi connectivity index (χ0v) is 15.9. The molecule has 0 spiro atoms. The Hall–Kier alpha value is -3.02. The molecule has 0 atom stereocenters. The third-order valence-corrected chi connectivity index (χ3v) is 4.17. The van der Waals surface area contributed by atoms with E-state index in [0.29, 0.717) is 11.6 Å². The Labute approximate surface area is 154 Å². The Morgan fingerprint density at radius 2 is 1.81 bits per heavy atom. The second kappa shape index (κ2) is 7.47. The highest BCUT2D eigenvalue weighted by molar-refractivity contribution is 5.99. The molecule has 0 aliphatic heterocycles. The minimum Gasteiger partial charge on any atom is -0.261 e. The van der Waals surface area contributed by atoms with E-state index in [0.717, 1.165) is 34.9 Å². The molecule has 26 heavy (non-hydrogen) atoms. The fraction of sp³-hybridized carbons (Fsp3) is 0.300. The number of aryl methyl sites for hydroxylation is 4. The van der Waals surface area contributed by atoms with Crippen molar-refractivity contribution in [1.82, 2.24) is 19.7 Å². The van der Waals surface area contributed by atoms with E-state index in [1.165, 1.54) is 5.56 Å². The average molecular weight is 348 g/mol. The fourth-order valence-corrected chi connectivity index (χ4v) is 2.77. The number of nitrogens with one attached hydrogen (secondary N) is 1. The molecule has 134 valence electrons.